The van der Waals surface area contributed by atoms with Crippen molar-refractivity contribution in [3.63, 3.8) is 0 Å². The van der Waals surface area contributed by atoms with Crippen molar-refractivity contribution in [2.75, 3.05) is 49.8 Å². The Kier molecular flexibility index (Phi) is 7.92. The second-order valence-electron chi connectivity index (χ2n) is 9.45. The minimum Gasteiger partial charge on any atom is -0.466 e. The molecule has 0 bridgehead atoms. The highest BCUT2D eigenvalue weighted by Crippen LogP contribution is 2.45. The first kappa shape index (κ1) is 26.0. The Balaban J connectivity index is 1.59. The van der Waals surface area contributed by atoms with Crippen LogP contribution in [0.15, 0.2) is 10.2 Å². The Hall–Kier alpha value is -1.66. The minimum absolute atomic E-state index is 0.145. The van der Waals surface area contributed by atoms with E-state index in [4.69, 9.17) is 29.2 Å². The van der Waals surface area contributed by atoms with Gasteiger partial charge < -0.3 is 19.1 Å². The molecule has 2 aliphatic rings. The van der Waals surface area contributed by atoms with E-state index in [0.717, 1.165) is 68.1 Å². The summed E-state index contributed by atoms with van der Waals surface area (Å²) in [6.07, 6.45) is 3.98. The molecule has 1 saturated heterocycles. The maximum atomic E-state index is 11.7. The summed E-state index contributed by atoms with van der Waals surface area (Å²) in [5.74, 6) is 1.66. The van der Waals surface area contributed by atoms with Crippen molar-refractivity contribution in [1.82, 2.24) is 15.0 Å². The van der Waals surface area contributed by atoms with Gasteiger partial charge in [0.15, 0.2) is 5.16 Å². The summed E-state index contributed by atoms with van der Waals surface area (Å²) >= 11 is 4.91. The number of anilines is 1. The van der Waals surface area contributed by atoms with E-state index in [2.05, 4.69) is 18.7 Å². The molecule has 0 radical (unpaired) electrons. The van der Waals surface area contributed by atoms with Crippen molar-refractivity contribution in [2.45, 2.75) is 62.4 Å². The van der Waals surface area contributed by atoms with Crippen LogP contribution in [0.5, 0.6) is 0 Å². The molecule has 1 fully saturated rings. The highest BCUT2D eigenvalue weighted by Gasteiger charge is 2.33. The molecule has 3 aromatic rings. The molecule has 0 amide bonds. The quantitative estimate of drug-likeness (QED) is 0.125. The van der Waals surface area contributed by atoms with Crippen LogP contribution in [-0.2, 0) is 32.0 Å². The lowest BCUT2D eigenvalue weighted by Gasteiger charge is -2.36. The van der Waals surface area contributed by atoms with Crippen LogP contribution in [0.3, 0.4) is 0 Å². The maximum Gasteiger partial charge on any atom is 0.305 e. The Labute approximate surface area is 223 Å². The van der Waals surface area contributed by atoms with Gasteiger partial charge >= 0.3 is 5.97 Å². The van der Waals surface area contributed by atoms with Crippen LogP contribution >= 0.6 is 34.9 Å². The molecule has 36 heavy (non-hydrogen) atoms. The van der Waals surface area contributed by atoms with E-state index in [1.54, 1.807) is 34.9 Å². The first-order valence-electron chi connectivity index (χ1n) is 12.3. The van der Waals surface area contributed by atoms with E-state index < -0.39 is 0 Å². The predicted octanol–water partition coefficient (Wildman–Crippen LogP) is 5.08. The Bertz CT molecular complexity index is 1270. The van der Waals surface area contributed by atoms with Crippen LogP contribution in [0.2, 0.25) is 0 Å². The van der Waals surface area contributed by atoms with Gasteiger partial charge in [-0.25, -0.2) is 15.0 Å². The fraction of sp³-hybridized carbons (Fsp3) is 0.600. The van der Waals surface area contributed by atoms with E-state index in [9.17, 15) is 4.79 Å². The smallest absolute Gasteiger partial charge is 0.305 e. The molecule has 0 saturated carbocycles. The number of esters is 1. The van der Waals surface area contributed by atoms with Gasteiger partial charge in [-0.3, -0.25) is 4.79 Å². The fourth-order valence-electron chi connectivity index (χ4n) is 4.66. The molecule has 11 heteroatoms. The standard InChI is InChI=1S/C25H32N4O4S3/c1-5-32-17(30)7-6-12-35-23-20-19(26-24(28-23)34-4)18-15-13-25(2,3)33-14-16(15)21(27-22(18)36-20)29-8-10-31-11-9-29/h5-14H2,1-4H3. The monoisotopic (exact) mass is 548 g/mol. The molecule has 5 rings (SSSR count). The van der Waals surface area contributed by atoms with E-state index in [-0.39, 0.29) is 11.6 Å². The molecule has 0 aliphatic carbocycles. The van der Waals surface area contributed by atoms with Gasteiger partial charge in [0.1, 0.15) is 15.7 Å². The van der Waals surface area contributed by atoms with E-state index in [0.29, 0.717) is 32.8 Å². The third kappa shape index (κ3) is 5.31. The zero-order valence-electron chi connectivity index (χ0n) is 21.2. The van der Waals surface area contributed by atoms with Gasteiger partial charge in [-0.2, -0.15) is 0 Å². The average Bonchev–Trinajstić information content (AvgIpc) is 3.25. The highest BCUT2D eigenvalue weighted by atomic mass is 32.2. The molecule has 2 aliphatic heterocycles. The molecule has 0 aromatic carbocycles. The lowest BCUT2D eigenvalue weighted by atomic mass is 9.90. The second kappa shape index (κ2) is 11.0. The Morgan fingerprint density at radius 3 is 2.75 bits per heavy atom. The molecule has 0 spiro atoms. The van der Waals surface area contributed by atoms with Gasteiger partial charge in [-0.05, 0) is 39.0 Å². The number of pyridine rings is 1. The van der Waals surface area contributed by atoms with Crippen LogP contribution in [0.4, 0.5) is 5.82 Å². The molecule has 0 atom stereocenters. The summed E-state index contributed by atoms with van der Waals surface area (Å²) in [5, 5.41) is 2.86. The van der Waals surface area contributed by atoms with E-state index >= 15 is 0 Å². The second-order valence-corrected chi connectivity index (χ2v) is 12.3. The molecule has 8 nitrogen and oxygen atoms in total. The van der Waals surface area contributed by atoms with Gasteiger partial charge in [0.2, 0.25) is 0 Å². The number of morpholine rings is 1. The molecule has 3 aromatic heterocycles. The number of ether oxygens (including phenoxy) is 3. The van der Waals surface area contributed by atoms with Gasteiger partial charge in [0.25, 0.3) is 0 Å². The van der Waals surface area contributed by atoms with Crippen molar-refractivity contribution in [3.05, 3.63) is 11.1 Å². The van der Waals surface area contributed by atoms with Gasteiger partial charge in [0, 0.05) is 42.6 Å². The van der Waals surface area contributed by atoms with Crippen molar-refractivity contribution >= 4 is 67.1 Å². The predicted molar refractivity (Wildman–Crippen MR) is 147 cm³/mol. The number of thiophene rings is 1. The highest BCUT2D eigenvalue weighted by molar-refractivity contribution is 7.99. The summed E-state index contributed by atoms with van der Waals surface area (Å²) in [5.41, 5.74) is 3.21. The number of aromatic nitrogens is 3. The first-order valence-corrected chi connectivity index (χ1v) is 15.4. The number of fused-ring (bicyclic) bond motifs is 5. The van der Waals surface area contributed by atoms with Crippen LogP contribution in [0, 0.1) is 0 Å². The van der Waals surface area contributed by atoms with Crippen molar-refractivity contribution < 1.29 is 19.0 Å². The third-order valence-corrected chi connectivity index (χ3v) is 9.20. The van der Waals surface area contributed by atoms with Crippen LogP contribution in [-0.4, -0.2) is 71.4 Å². The van der Waals surface area contributed by atoms with Crippen LogP contribution < -0.4 is 4.90 Å². The van der Waals surface area contributed by atoms with Gasteiger partial charge in [-0.15, -0.1) is 23.1 Å². The summed E-state index contributed by atoms with van der Waals surface area (Å²) in [6.45, 7) is 10.2. The number of carbonyl (C=O) groups excluding carboxylic acids is 1. The molecule has 0 unspecified atom stereocenters. The van der Waals surface area contributed by atoms with Crippen molar-refractivity contribution in [3.8, 4) is 0 Å². The minimum atomic E-state index is -0.252. The number of carbonyl (C=O) groups is 1. The van der Waals surface area contributed by atoms with Crippen LogP contribution in [0.1, 0.15) is 44.7 Å². The molecule has 194 valence electrons. The largest absolute Gasteiger partial charge is 0.466 e. The third-order valence-electron chi connectivity index (χ3n) is 6.38. The Morgan fingerprint density at radius 1 is 1.19 bits per heavy atom. The van der Waals surface area contributed by atoms with E-state index in [1.165, 1.54) is 11.1 Å². The number of hydrogen-bond donors (Lipinski definition) is 0. The maximum absolute atomic E-state index is 11.7. The number of hydrogen-bond acceptors (Lipinski definition) is 11. The molecular formula is C25H32N4O4S3. The summed E-state index contributed by atoms with van der Waals surface area (Å²) in [4.78, 5) is 30.1. The zero-order valence-corrected chi connectivity index (χ0v) is 23.7. The zero-order chi connectivity index (χ0) is 25.3. The summed E-state index contributed by atoms with van der Waals surface area (Å²) in [6, 6.07) is 0. The molecule has 0 N–H and O–H groups in total. The SMILES string of the molecule is CCOC(=O)CCCSc1nc(SC)nc2c1sc1nc(N3CCOCC3)c3c(c12)CC(C)(C)OC3. The number of nitrogens with zero attached hydrogens (tertiary/aromatic N) is 4. The summed E-state index contributed by atoms with van der Waals surface area (Å²) in [7, 11) is 0. The topological polar surface area (TPSA) is 86.7 Å². The number of rotatable bonds is 8. The molecule has 5 heterocycles. The average molecular weight is 549 g/mol. The normalized spacial score (nSPS) is 17.5. The van der Waals surface area contributed by atoms with Crippen molar-refractivity contribution in [2.24, 2.45) is 0 Å². The summed E-state index contributed by atoms with van der Waals surface area (Å²) < 4.78 is 18.0. The first-order chi connectivity index (χ1) is 17.4. The lowest BCUT2D eigenvalue weighted by molar-refractivity contribution is -0.143. The Morgan fingerprint density at radius 2 is 2.00 bits per heavy atom. The fourth-order valence-corrected chi connectivity index (χ4v) is 7.27. The van der Waals surface area contributed by atoms with Gasteiger partial charge in [-0.1, -0.05) is 11.8 Å². The van der Waals surface area contributed by atoms with E-state index in [1.807, 2.05) is 13.2 Å². The van der Waals surface area contributed by atoms with Crippen molar-refractivity contribution in [1.29, 1.82) is 0 Å². The van der Waals surface area contributed by atoms with Crippen LogP contribution in [0.25, 0.3) is 20.4 Å². The van der Waals surface area contributed by atoms with Gasteiger partial charge in [0.05, 0.1) is 42.2 Å². The lowest BCUT2D eigenvalue weighted by Crippen LogP contribution is -2.39. The number of thioether (sulfide) groups is 2. The molecular weight excluding hydrogens is 517 g/mol.